The van der Waals surface area contributed by atoms with Crippen molar-refractivity contribution < 1.29 is 4.79 Å². The summed E-state index contributed by atoms with van der Waals surface area (Å²) >= 11 is 3.41. The van der Waals surface area contributed by atoms with Crippen molar-refractivity contribution >= 4 is 28.1 Å². The first-order valence-corrected chi connectivity index (χ1v) is 9.69. The molecule has 27 heavy (non-hydrogen) atoms. The van der Waals surface area contributed by atoms with Gasteiger partial charge in [-0.3, -0.25) is 4.79 Å². The van der Waals surface area contributed by atoms with Crippen molar-refractivity contribution in [2.75, 3.05) is 0 Å². The van der Waals surface area contributed by atoms with Gasteiger partial charge in [0.25, 0.3) is 0 Å². The SMILES string of the molecule is O=C(NN=Cc1ccc(Br)cc1)C1CC1(c1ccccc1)c1ccccc1. The lowest BCUT2D eigenvalue weighted by atomic mass is 9.85. The number of benzene rings is 3. The van der Waals surface area contributed by atoms with Gasteiger partial charge in [0.1, 0.15) is 0 Å². The fourth-order valence-electron chi connectivity index (χ4n) is 3.65. The topological polar surface area (TPSA) is 41.5 Å². The van der Waals surface area contributed by atoms with Crippen molar-refractivity contribution in [3.05, 3.63) is 106 Å². The molecule has 1 amide bonds. The van der Waals surface area contributed by atoms with Crippen LogP contribution in [0.4, 0.5) is 0 Å². The van der Waals surface area contributed by atoms with Crippen molar-refractivity contribution in [2.45, 2.75) is 11.8 Å². The minimum absolute atomic E-state index is 0.0453. The Bertz CT molecular complexity index is 913. The molecule has 0 aliphatic heterocycles. The smallest absolute Gasteiger partial charge is 0.244 e. The maximum Gasteiger partial charge on any atom is 0.244 e. The molecule has 3 aromatic carbocycles. The highest BCUT2D eigenvalue weighted by atomic mass is 79.9. The fraction of sp³-hybridized carbons (Fsp3) is 0.130. The molecule has 1 unspecified atom stereocenters. The van der Waals surface area contributed by atoms with Crippen LogP contribution in [0.1, 0.15) is 23.1 Å². The fourth-order valence-corrected chi connectivity index (χ4v) is 3.92. The number of rotatable bonds is 5. The Kier molecular flexibility index (Phi) is 4.90. The highest BCUT2D eigenvalue weighted by Crippen LogP contribution is 2.58. The number of nitrogens with one attached hydrogen (secondary N) is 1. The second-order valence-corrected chi connectivity index (χ2v) is 7.66. The Morgan fingerprint density at radius 1 is 0.926 bits per heavy atom. The maximum absolute atomic E-state index is 12.8. The van der Waals surface area contributed by atoms with Crippen LogP contribution < -0.4 is 5.43 Å². The molecule has 4 rings (SSSR count). The minimum Gasteiger partial charge on any atom is -0.273 e. The lowest BCUT2D eigenvalue weighted by molar-refractivity contribution is -0.122. The summed E-state index contributed by atoms with van der Waals surface area (Å²) in [6.45, 7) is 0. The first-order valence-electron chi connectivity index (χ1n) is 8.90. The number of nitrogens with zero attached hydrogens (tertiary/aromatic N) is 1. The van der Waals surface area contributed by atoms with E-state index in [1.54, 1.807) is 6.21 Å². The van der Waals surface area contributed by atoms with Crippen LogP contribution in [0, 0.1) is 5.92 Å². The lowest BCUT2D eigenvalue weighted by Gasteiger charge is -2.18. The van der Waals surface area contributed by atoms with Gasteiger partial charge in [-0.25, -0.2) is 5.43 Å². The Labute approximate surface area is 167 Å². The maximum atomic E-state index is 12.8. The summed E-state index contributed by atoms with van der Waals surface area (Å²) in [4.78, 5) is 12.8. The molecular weight excluding hydrogens is 400 g/mol. The highest BCUT2D eigenvalue weighted by molar-refractivity contribution is 9.10. The predicted molar refractivity (Wildman–Crippen MR) is 112 cm³/mol. The first kappa shape index (κ1) is 17.7. The number of halogens is 1. The summed E-state index contributed by atoms with van der Waals surface area (Å²) < 4.78 is 1.01. The lowest BCUT2D eigenvalue weighted by Crippen LogP contribution is -2.25. The molecule has 1 saturated carbocycles. The van der Waals surface area contributed by atoms with Gasteiger partial charge in [0.05, 0.1) is 12.1 Å². The highest BCUT2D eigenvalue weighted by Gasteiger charge is 2.60. The average molecular weight is 419 g/mol. The molecule has 0 aromatic heterocycles. The summed E-state index contributed by atoms with van der Waals surface area (Å²) in [6.07, 6.45) is 2.46. The van der Waals surface area contributed by atoms with Gasteiger partial charge in [0.2, 0.25) is 5.91 Å². The standard InChI is InChI=1S/C23H19BrN2O/c24-20-13-11-17(12-14-20)16-25-26-22(27)21-15-23(21,18-7-3-1-4-8-18)19-9-5-2-6-10-19/h1-14,16,21H,15H2,(H,26,27). The number of hydrazone groups is 1. The van der Waals surface area contributed by atoms with E-state index in [-0.39, 0.29) is 17.2 Å². The number of amides is 1. The molecule has 1 N–H and O–H groups in total. The van der Waals surface area contributed by atoms with Gasteiger partial charge in [0.15, 0.2) is 0 Å². The van der Waals surface area contributed by atoms with Crippen LogP contribution in [0.3, 0.4) is 0 Å². The molecule has 0 radical (unpaired) electrons. The number of hydrogen-bond donors (Lipinski definition) is 1. The Balaban J connectivity index is 1.53. The minimum atomic E-state index is -0.264. The van der Waals surface area contributed by atoms with Crippen molar-refractivity contribution in [2.24, 2.45) is 11.0 Å². The van der Waals surface area contributed by atoms with Gasteiger partial charge in [-0.2, -0.15) is 5.10 Å². The molecule has 1 atom stereocenters. The molecule has 0 spiro atoms. The van der Waals surface area contributed by atoms with E-state index in [2.05, 4.69) is 50.7 Å². The summed E-state index contributed by atoms with van der Waals surface area (Å²) in [5, 5.41) is 4.15. The molecule has 0 bridgehead atoms. The van der Waals surface area contributed by atoms with Crippen LogP contribution >= 0.6 is 15.9 Å². The summed E-state index contributed by atoms with van der Waals surface area (Å²) in [6, 6.07) is 28.3. The molecule has 0 heterocycles. The second-order valence-electron chi connectivity index (χ2n) is 6.75. The van der Waals surface area contributed by atoms with E-state index in [4.69, 9.17) is 0 Å². The average Bonchev–Trinajstić information content (AvgIpc) is 3.48. The van der Waals surface area contributed by atoms with Crippen LogP contribution in [0.25, 0.3) is 0 Å². The largest absolute Gasteiger partial charge is 0.273 e. The van der Waals surface area contributed by atoms with Crippen molar-refractivity contribution in [1.82, 2.24) is 5.43 Å². The van der Waals surface area contributed by atoms with Gasteiger partial charge < -0.3 is 0 Å². The van der Waals surface area contributed by atoms with Gasteiger partial charge in [-0.05, 0) is 35.2 Å². The molecule has 134 valence electrons. The number of carbonyl (C=O) groups excluding carboxylic acids is 1. The van der Waals surface area contributed by atoms with Crippen LogP contribution in [-0.4, -0.2) is 12.1 Å². The monoisotopic (exact) mass is 418 g/mol. The van der Waals surface area contributed by atoms with Crippen LogP contribution in [-0.2, 0) is 10.2 Å². The summed E-state index contributed by atoms with van der Waals surface area (Å²) in [5.41, 5.74) is 5.74. The normalized spacial score (nSPS) is 17.6. The van der Waals surface area contributed by atoms with E-state index in [9.17, 15) is 4.79 Å². The summed E-state index contributed by atoms with van der Waals surface area (Å²) in [5.74, 6) is -0.166. The van der Waals surface area contributed by atoms with Crippen molar-refractivity contribution in [3.63, 3.8) is 0 Å². The van der Waals surface area contributed by atoms with Gasteiger partial charge in [-0.1, -0.05) is 88.7 Å². The Morgan fingerprint density at radius 3 is 2.04 bits per heavy atom. The Hall–Kier alpha value is -2.72. The predicted octanol–water partition coefficient (Wildman–Crippen LogP) is 4.91. The van der Waals surface area contributed by atoms with Crippen molar-refractivity contribution in [1.29, 1.82) is 0 Å². The van der Waals surface area contributed by atoms with Crippen LogP contribution in [0.2, 0.25) is 0 Å². The van der Waals surface area contributed by atoms with E-state index in [1.165, 1.54) is 11.1 Å². The third-order valence-electron chi connectivity index (χ3n) is 5.11. The molecule has 4 heteroatoms. The van der Waals surface area contributed by atoms with E-state index in [0.717, 1.165) is 16.5 Å². The second kappa shape index (κ2) is 7.49. The molecule has 1 aliphatic rings. The molecule has 3 nitrogen and oxygen atoms in total. The van der Waals surface area contributed by atoms with Gasteiger partial charge >= 0.3 is 0 Å². The number of hydrogen-bond acceptors (Lipinski definition) is 2. The van der Waals surface area contributed by atoms with Crippen molar-refractivity contribution in [3.8, 4) is 0 Å². The van der Waals surface area contributed by atoms with E-state index >= 15 is 0 Å². The zero-order valence-electron chi connectivity index (χ0n) is 14.7. The van der Waals surface area contributed by atoms with Gasteiger partial charge in [0, 0.05) is 9.89 Å². The zero-order valence-corrected chi connectivity index (χ0v) is 16.3. The quantitative estimate of drug-likeness (QED) is 0.464. The number of carbonyl (C=O) groups is 1. The molecule has 3 aromatic rings. The van der Waals surface area contributed by atoms with Crippen LogP contribution in [0.5, 0.6) is 0 Å². The summed E-state index contributed by atoms with van der Waals surface area (Å²) in [7, 11) is 0. The first-order chi connectivity index (χ1) is 13.2. The molecule has 1 aliphatic carbocycles. The van der Waals surface area contributed by atoms with E-state index in [0.29, 0.717) is 0 Å². The van der Waals surface area contributed by atoms with Gasteiger partial charge in [-0.15, -0.1) is 0 Å². The Morgan fingerprint density at radius 2 is 1.48 bits per heavy atom. The molecule has 1 fully saturated rings. The zero-order chi connectivity index (χ0) is 18.7. The van der Waals surface area contributed by atoms with E-state index in [1.807, 2.05) is 60.7 Å². The third kappa shape index (κ3) is 3.58. The van der Waals surface area contributed by atoms with E-state index < -0.39 is 0 Å². The van der Waals surface area contributed by atoms with Crippen LogP contribution in [0.15, 0.2) is 94.5 Å². The third-order valence-corrected chi connectivity index (χ3v) is 5.64. The molecular formula is C23H19BrN2O. The molecule has 0 saturated heterocycles.